The van der Waals surface area contributed by atoms with Crippen LogP contribution in [0.2, 0.25) is 5.02 Å². The Bertz CT molecular complexity index is 1040. The Morgan fingerprint density at radius 3 is 2.70 bits per heavy atom. The topological polar surface area (TPSA) is 94.0 Å². The van der Waals surface area contributed by atoms with Crippen molar-refractivity contribution in [2.75, 3.05) is 22.6 Å². The van der Waals surface area contributed by atoms with Gasteiger partial charge < -0.3 is 9.88 Å². The van der Waals surface area contributed by atoms with Gasteiger partial charge in [0, 0.05) is 24.2 Å². The zero-order valence-corrected chi connectivity index (χ0v) is 19.8. The molecule has 0 bridgehead atoms. The number of anilines is 1. The predicted octanol–water partition coefficient (Wildman–Crippen LogP) is 3.30. The van der Waals surface area contributed by atoms with Gasteiger partial charge in [-0.3, -0.25) is 4.79 Å². The molecule has 1 amide bonds. The number of nitrogens with zero attached hydrogens (tertiary/aromatic N) is 3. The maximum atomic E-state index is 12.6. The summed E-state index contributed by atoms with van der Waals surface area (Å²) in [5.41, 5.74) is 2.81. The van der Waals surface area contributed by atoms with Crippen LogP contribution < -0.4 is 5.32 Å². The predicted molar refractivity (Wildman–Crippen MR) is 121 cm³/mol. The summed E-state index contributed by atoms with van der Waals surface area (Å²) in [5.74, 6) is 1.36. The first-order valence-electron chi connectivity index (χ1n) is 10.1. The molecule has 1 fully saturated rings. The summed E-state index contributed by atoms with van der Waals surface area (Å²) >= 11 is 7.62. The largest absolute Gasteiger partial charge is 0.325 e. The Kier molecular flexibility index (Phi) is 7.47. The number of amides is 1. The van der Waals surface area contributed by atoms with Crippen LogP contribution in [0.15, 0.2) is 17.3 Å². The molecule has 0 aliphatic carbocycles. The Labute approximate surface area is 186 Å². The fourth-order valence-electron chi connectivity index (χ4n) is 3.71. The number of hydrogen-bond donors (Lipinski definition) is 1. The Balaban J connectivity index is 1.62. The van der Waals surface area contributed by atoms with Crippen LogP contribution in [-0.2, 0) is 40.9 Å². The molecule has 1 aliphatic heterocycles. The van der Waals surface area contributed by atoms with E-state index in [4.69, 9.17) is 11.6 Å². The summed E-state index contributed by atoms with van der Waals surface area (Å²) in [4.78, 5) is 12.6. The van der Waals surface area contributed by atoms with E-state index in [1.807, 2.05) is 37.6 Å². The lowest BCUT2D eigenvalue weighted by Crippen LogP contribution is -2.17. The van der Waals surface area contributed by atoms with Crippen molar-refractivity contribution in [3.8, 4) is 0 Å². The SMILES string of the molecule is CCc1ccc(Cl)c(CC)c1NC(=O)CSc1nnc(CC2CCS(=O)(=O)C2)n1C. The number of sulfone groups is 1. The smallest absolute Gasteiger partial charge is 0.234 e. The molecule has 7 nitrogen and oxygen atoms in total. The molecule has 0 radical (unpaired) electrons. The minimum Gasteiger partial charge on any atom is -0.325 e. The van der Waals surface area contributed by atoms with E-state index in [1.54, 1.807) is 0 Å². The van der Waals surface area contributed by atoms with Crippen molar-refractivity contribution in [2.45, 2.75) is 44.7 Å². The monoisotopic (exact) mass is 470 g/mol. The van der Waals surface area contributed by atoms with E-state index >= 15 is 0 Å². The van der Waals surface area contributed by atoms with Gasteiger partial charge in [-0.25, -0.2) is 8.42 Å². The molecule has 1 atom stereocenters. The number of halogens is 1. The Morgan fingerprint density at radius 2 is 2.07 bits per heavy atom. The number of benzene rings is 1. The van der Waals surface area contributed by atoms with Crippen molar-refractivity contribution in [3.05, 3.63) is 34.1 Å². The van der Waals surface area contributed by atoms with Crippen molar-refractivity contribution < 1.29 is 13.2 Å². The molecule has 0 spiro atoms. The van der Waals surface area contributed by atoms with Crippen LogP contribution in [-0.4, -0.2) is 46.3 Å². The number of rotatable bonds is 8. The third kappa shape index (κ3) is 5.36. The lowest BCUT2D eigenvalue weighted by Gasteiger charge is -2.15. The highest BCUT2D eigenvalue weighted by Crippen LogP contribution is 2.30. The van der Waals surface area contributed by atoms with Crippen LogP contribution in [0.25, 0.3) is 0 Å². The first kappa shape index (κ1) is 23.1. The lowest BCUT2D eigenvalue weighted by atomic mass is 10.0. The summed E-state index contributed by atoms with van der Waals surface area (Å²) < 4.78 is 25.2. The van der Waals surface area contributed by atoms with Gasteiger partial charge in [0.25, 0.3) is 0 Å². The van der Waals surface area contributed by atoms with Gasteiger partial charge in [-0.15, -0.1) is 10.2 Å². The van der Waals surface area contributed by atoms with Gasteiger partial charge in [-0.2, -0.15) is 0 Å². The van der Waals surface area contributed by atoms with E-state index in [2.05, 4.69) is 15.5 Å². The standard InChI is InChI=1S/C20H27ClN4O3S2/c1-4-14-6-7-16(21)15(5-2)19(14)22-18(26)11-29-20-24-23-17(25(20)3)10-13-8-9-30(27,28)12-13/h6-7,13H,4-5,8-12H2,1-3H3,(H,22,26). The summed E-state index contributed by atoms with van der Waals surface area (Å²) in [7, 11) is -1.06. The second-order valence-corrected chi connectivity index (χ2v) is 11.1. The maximum Gasteiger partial charge on any atom is 0.234 e. The maximum absolute atomic E-state index is 12.6. The van der Waals surface area contributed by atoms with E-state index in [1.165, 1.54) is 11.8 Å². The molecule has 1 saturated heterocycles. The van der Waals surface area contributed by atoms with Crippen LogP contribution in [0, 0.1) is 5.92 Å². The molecule has 3 rings (SSSR count). The Morgan fingerprint density at radius 1 is 1.30 bits per heavy atom. The molecule has 1 aromatic carbocycles. The normalized spacial score (nSPS) is 17.9. The third-order valence-electron chi connectivity index (χ3n) is 5.40. The number of carbonyl (C=O) groups is 1. The highest BCUT2D eigenvalue weighted by Gasteiger charge is 2.29. The lowest BCUT2D eigenvalue weighted by molar-refractivity contribution is -0.113. The minimum absolute atomic E-state index is 0.0850. The summed E-state index contributed by atoms with van der Waals surface area (Å²) in [6, 6.07) is 3.82. The van der Waals surface area contributed by atoms with Crippen molar-refractivity contribution in [1.29, 1.82) is 0 Å². The van der Waals surface area contributed by atoms with Crippen LogP contribution >= 0.6 is 23.4 Å². The van der Waals surface area contributed by atoms with E-state index in [9.17, 15) is 13.2 Å². The van der Waals surface area contributed by atoms with E-state index in [-0.39, 0.29) is 29.1 Å². The van der Waals surface area contributed by atoms with Crippen LogP contribution in [0.4, 0.5) is 5.69 Å². The van der Waals surface area contributed by atoms with Gasteiger partial charge >= 0.3 is 0 Å². The summed E-state index contributed by atoms with van der Waals surface area (Å²) in [5, 5.41) is 12.7. The second kappa shape index (κ2) is 9.70. The summed E-state index contributed by atoms with van der Waals surface area (Å²) in [6.45, 7) is 4.06. The van der Waals surface area contributed by atoms with Gasteiger partial charge in [0.1, 0.15) is 5.82 Å². The molecule has 1 aromatic heterocycles. The molecular formula is C20H27ClN4O3S2. The number of aromatic nitrogens is 3. The molecule has 1 N–H and O–H groups in total. The molecule has 1 aliphatic rings. The number of aryl methyl sites for hydroxylation is 1. The summed E-state index contributed by atoms with van der Waals surface area (Å²) in [6.07, 6.45) is 2.78. The van der Waals surface area contributed by atoms with Gasteiger partial charge in [0.15, 0.2) is 15.0 Å². The first-order valence-corrected chi connectivity index (χ1v) is 13.2. The van der Waals surface area contributed by atoms with Crippen LogP contribution in [0.5, 0.6) is 0 Å². The Hall–Kier alpha value is -1.58. The van der Waals surface area contributed by atoms with Crippen LogP contribution in [0.1, 0.15) is 37.2 Å². The fraction of sp³-hybridized carbons (Fsp3) is 0.550. The van der Waals surface area contributed by atoms with Crippen molar-refractivity contribution in [1.82, 2.24) is 14.8 Å². The number of nitrogens with one attached hydrogen (secondary N) is 1. The van der Waals surface area contributed by atoms with Gasteiger partial charge in [0.2, 0.25) is 5.91 Å². The van der Waals surface area contributed by atoms with Gasteiger partial charge in [-0.1, -0.05) is 43.3 Å². The highest BCUT2D eigenvalue weighted by molar-refractivity contribution is 7.99. The molecule has 164 valence electrons. The molecule has 30 heavy (non-hydrogen) atoms. The average molecular weight is 471 g/mol. The van der Waals surface area contributed by atoms with Crippen LogP contribution in [0.3, 0.4) is 0 Å². The van der Waals surface area contributed by atoms with Crippen molar-refractivity contribution in [3.63, 3.8) is 0 Å². The quantitative estimate of drug-likeness (QED) is 0.595. The average Bonchev–Trinajstić information content (AvgIpc) is 3.22. The third-order valence-corrected chi connectivity index (χ3v) is 8.61. The molecular weight excluding hydrogens is 444 g/mol. The molecule has 2 heterocycles. The highest BCUT2D eigenvalue weighted by atomic mass is 35.5. The van der Waals surface area contributed by atoms with Crippen molar-refractivity contribution in [2.24, 2.45) is 13.0 Å². The number of thioether (sulfide) groups is 1. The zero-order valence-electron chi connectivity index (χ0n) is 17.4. The van der Waals surface area contributed by atoms with E-state index in [0.717, 1.165) is 35.5 Å². The zero-order chi connectivity index (χ0) is 21.9. The first-order chi connectivity index (χ1) is 14.2. The molecule has 0 saturated carbocycles. The van der Waals surface area contributed by atoms with Gasteiger partial charge in [0.05, 0.1) is 17.3 Å². The molecule has 2 aromatic rings. The number of carbonyl (C=O) groups excluding carboxylic acids is 1. The molecule has 10 heteroatoms. The van der Waals surface area contributed by atoms with E-state index in [0.29, 0.717) is 23.0 Å². The second-order valence-electron chi connectivity index (χ2n) is 7.54. The fourth-order valence-corrected chi connectivity index (χ4v) is 6.60. The van der Waals surface area contributed by atoms with Crippen molar-refractivity contribution >= 4 is 44.8 Å². The molecule has 1 unspecified atom stereocenters. The van der Waals surface area contributed by atoms with E-state index < -0.39 is 9.84 Å². The minimum atomic E-state index is -2.91. The van der Waals surface area contributed by atoms with Gasteiger partial charge in [-0.05, 0) is 42.4 Å². The number of hydrogen-bond acceptors (Lipinski definition) is 6.